The molecule has 0 fully saturated rings. The monoisotopic (exact) mass is 289 g/mol. The molecular formula is C16H16ClNO2. The van der Waals surface area contributed by atoms with E-state index in [4.69, 9.17) is 16.3 Å². The Kier molecular flexibility index (Phi) is 4.40. The summed E-state index contributed by atoms with van der Waals surface area (Å²) in [6.07, 6.45) is 3.18. The first-order valence-electron chi connectivity index (χ1n) is 6.40. The molecule has 0 N–H and O–H groups in total. The minimum absolute atomic E-state index is 0.0416. The molecule has 3 nitrogen and oxygen atoms in total. The number of carbonyl (C=O) groups excluding carboxylic acids is 1. The van der Waals surface area contributed by atoms with Crippen LogP contribution in [0.15, 0.2) is 36.7 Å². The van der Waals surface area contributed by atoms with Crippen molar-refractivity contribution in [2.24, 2.45) is 0 Å². The third-order valence-corrected chi connectivity index (χ3v) is 3.19. The Hall–Kier alpha value is -1.87. The van der Waals surface area contributed by atoms with Crippen LogP contribution in [-0.4, -0.2) is 16.9 Å². The van der Waals surface area contributed by atoms with Gasteiger partial charge in [-0.1, -0.05) is 11.6 Å². The third kappa shape index (κ3) is 3.36. The van der Waals surface area contributed by atoms with Crippen molar-refractivity contribution in [1.29, 1.82) is 0 Å². The van der Waals surface area contributed by atoms with Gasteiger partial charge in [-0.25, -0.2) is 0 Å². The molecule has 0 spiro atoms. The second-order valence-electron chi connectivity index (χ2n) is 4.87. The van der Waals surface area contributed by atoms with E-state index in [0.717, 1.165) is 5.56 Å². The molecule has 104 valence electrons. The molecule has 0 saturated heterocycles. The molecule has 20 heavy (non-hydrogen) atoms. The lowest BCUT2D eigenvalue weighted by atomic mass is 10.0. The van der Waals surface area contributed by atoms with Crippen LogP contribution < -0.4 is 4.74 Å². The van der Waals surface area contributed by atoms with Crippen molar-refractivity contribution >= 4 is 17.4 Å². The fourth-order valence-corrected chi connectivity index (χ4v) is 1.95. The fraction of sp³-hybridized carbons (Fsp3) is 0.250. The molecule has 0 radical (unpaired) electrons. The van der Waals surface area contributed by atoms with Crippen molar-refractivity contribution in [3.8, 4) is 5.75 Å². The average Bonchev–Trinajstić information content (AvgIpc) is 2.40. The van der Waals surface area contributed by atoms with Crippen LogP contribution in [0.2, 0.25) is 5.02 Å². The summed E-state index contributed by atoms with van der Waals surface area (Å²) in [6.45, 7) is 5.73. The van der Waals surface area contributed by atoms with E-state index in [0.29, 0.717) is 21.9 Å². The summed E-state index contributed by atoms with van der Waals surface area (Å²) in [6, 6.07) is 6.93. The van der Waals surface area contributed by atoms with Crippen LogP contribution in [0.4, 0.5) is 0 Å². The molecule has 0 aliphatic rings. The minimum atomic E-state index is -0.0912. The first-order chi connectivity index (χ1) is 9.47. The highest BCUT2D eigenvalue weighted by molar-refractivity contribution is 6.31. The highest BCUT2D eigenvalue weighted by Gasteiger charge is 2.12. The van der Waals surface area contributed by atoms with E-state index >= 15 is 0 Å². The molecule has 0 bridgehead atoms. The third-order valence-electron chi connectivity index (χ3n) is 2.77. The normalized spacial score (nSPS) is 10.7. The Balaban J connectivity index is 2.30. The standard InChI is InChI=1S/C16H16ClNO2/c1-10(2)20-14-7-13(8-18-9-14)16(19)12-4-5-15(17)11(3)6-12/h4-10H,1-3H3. The zero-order valence-electron chi connectivity index (χ0n) is 11.7. The Morgan fingerprint density at radius 2 is 1.95 bits per heavy atom. The van der Waals surface area contributed by atoms with E-state index < -0.39 is 0 Å². The molecule has 4 heteroatoms. The second-order valence-corrected chi connectivity index (χ2v) is 5.28. The van der Waals surface area contributed by atoms with Crippen molar-refractivity contribution < 1.29 is 9.53 Å². The smallest absolute Gasteiger partial charge is 0.194 e. The van der Waals surface area contributed by atoms with Gasteiger partial charge in [-0.15, -0.1) is 0 Å². The van der Waals surface area contributed by atoms with Gasteiger partial charge in [0.25, 0.3) is 0 Å². The van der Waals surface area contributed by atoms with Gasteiger partial charge in [-0.3, -0.25) is 9.78 Å². The molecule has 0 unspecified atom stereocenters. The van der Waals surface area contributed by atoms with Gasteiger partial charge >= 0.3 is 0 Å². The number of halogens is 1. The van der Waals surface area contributed by atoms with Crippen LogP contribution in [0.3, 0.4) is 0 Å². The Morgan fingerprint density at radius 3 is 2.60 bits per heavy atom. The van der Waals surface area contributed by atoms with Crippen LogP contribution in [0.1, 0.15) is 35.3 Å². The SMILES string of the molecule is Cc1cc(C(=O)c2cncc(OC(C)C)c2)ccc1Cl. The first-order valence-corrected chi connectivity index (χ1v) is 6.77. The lowest BCUT2D eigenvalue weighted by Gasteiger charge is -2.10. The summed E-state index contributed by atoms with van der Waals surface area (Å²) in [5, 5.41) is 0.650. The van der Waals surface area contributed by atoms with Crippen LogP contribution in [0.25, 0.3) is 0 Å². The van der Waals surface area contributed by atoms with Crippen molar-refractivity contribution in [3.05, 3.63) is 58.4 Å². The van der Waals surface area contributed by atoms with Crippen LogP contribution in [0, 0.1) is 6.92 Å². The Bertz CT molecular complexity index is 638. The van der Waals surface area contributed by atoms with Gasteiger partial charge in [-0.2, -0.15) is 0 Å². The van der Waals surface area contributed by atoms with E-state index in [1.807, 2.05) is 20.8 Å². The van der Waals surface area contributed by atoms with E-state index in [1.54, 1.807) is 36.7 Å². The lowest BCUT2D eigenvalue weighted by molar-refractivity contribution is 0.103. The van der Waals surface area contributed by atoms with Gasteiger partial charge in [0.1, 0.15) is 5.75 Å². The van der Waals surface area contributed by atoms with Gasteiger partial charge < -0.3 is 4.74 Å². The number of ether oxygens (including phenoxy) is 1. The van der Waals surface area contributed by atoms with Crippen molar-refractivity contribution in [1.82, 2.24) is 4.98 Å². The minimum Gasteiger partial charge on any atom is -0.489 e. The van der Waals surface area contributed by atoms with Crippen molar-refractivity contribution in [3.63, 3.8) is 0 Å². The van der Waals surface area contributed by atoms with Gasteiger partial charge in [0, 0.05) is 22.3 Å². The second kappa shape index (κ2) is 6.06. The maximum Gasteiger partial charge on any atom is 0.194 e. The highest BCUT2D eigenvalue weighted by atomic mass is 35.5. The molecule has 1 heterocycles. The van der Waals surface area contributed by atoms with E-state index in [-0.39, 0.29) is 11.9 Å². The van der Waals surface area contributed by atoms with Gasteiger partial charge in [0.15, 0.2) is 5.78 Å². The van der Waals surface area contributed by atoms with Crippen LogP contribution in [-0.2, 0) is 0 Å². The first kappa shape index (κ1) is 14.5. The van der Waals surface area contributed by atoms with E-state index in [1.165, 1.54) is 0 Å². The molecule has 0 atom stereocenters. The zero-order valence-corrected chi connectivity index (χ0v) is 12.4. The molecule has 0 aliphatic heterocycles. The molecule has 1 aromatic heterocycles. The van der Waals surface area contributed by atoms with E-state index in [9.17, 15) is 4.79 Å². The predicted octanol–water partition coefficient (Wildman–Crippen LogP) is 4.06. The number of hydrogen-bond donors (Lipinski definition) is 0. The molecule has 2 aromatic rings. The van der Waals surface area contributed by atoms with Crippen LogP contribution in [0.5, 0.6) is 5.75 Å². The lowest BCUT2D eigenvalue weighted by Crippen LogP contribution is -2.08. The highest BCUT2D eigenvalue weighted by Crippen LogP contribution is 2.20. The zero-order chi connectivity index (χ0) is 14.7. The van der Waals surface area contributed by atoms with Gasteiger partial charge in [-0.05, 0) is 50.6 Å². The number of hydrogen-bond acceptors (Lipinski definition) is 3. The molecule has 0 saturated carbocycles. The summed E-state index contributed by atoms with van der Waals surface area (Å²) < 4.78 is 5.55. The number of nitrogens with zero attached hydrogens (tertiary/aromatic N) is 1. The number of pyridine rings is 1. The fourth-order valence-electron chi connectivity index (χ4n) is 1.83. The molecule has 1 aromatic carbocycles. The van der Waals surface area contributed by atoms with Gasteiger partial charge in [0.2, 0.25) is 0 Å². The molecule has 2 rings (SSSR count). The maximum absolute atomic E-state index is 12.4. The van der Waals surface area contributed by atoms with Crippen LogP contribution >= 0.6 is 11.6 Å². The number of benzene rings is 1. The maximum atomic E-state index is 12.4. The number of aryl methyl sites for hydroxylation is 1. The quantitative estimate of drug-likeness (QED) is 0.797. The molecular weight excluding hydrogens is 274 g/mol. The van der Waals surface area contributed by atoms with Crippen molar-refractivity contribution in [2.75, 3.05) is 0 Å². The Morgan fingerprint density at radius 1 is 1.20 bits per heavy atom. The number of aromatic nitrogens is 1. The number of ketones is 1. The topological polar surface area (TPSA) is 39.2 Å². The number of rotatable bonds is 4. The van der Waals surface area contributed by atoms with E-state index in [2.05, 4.69) is 4.98 Å². The number of carbonyl (C=O) groups is 1. The average molecular weight is 290 g/mol. The molecule has 0 amide bonds. The predicted molar refractivity (Wildman–Crippen MR) is 79.6 cm³/mol. The van der Waals surface area contributed by atoms with Crippen molar-refractivity contribution in [2.45, 2.75) is 26.9 Å². The van der Waals surface area contributed by atoms with Gasteiger partial charge in [0.05, 0.1) is 12.3 Å². The summed E-state index contributed by atoms with van der Waals surface area (Å²) >= 11 is 5.97. The Labute approximate surface area is 123 Å². The largest absolute Gasteiger partial charge is 0.489 e. The summed E-state index contributed by atoms with van der Waals surface area (Å²) in [5.74, 6) is 0.503. The summed E-state index contributed by atoms with van der Waals surface area (Å²) in [4.78, 5) is 16.5. The summed E-state index contributed by atoms with van der Waals surface area (Å²) in [7, 11) is 0. The molecule has 0 aliphatic carbocycles. The summed E-state index contributed by atoms with van der Waals surface area (Å²) in [5.41, 5.74) is 1.97.